The number of amides is 2. The van der Waals surface area contributed by atoms with Crippen LogP contribution in [-0.2, 0) is 14.3 Å². The Morgan fingerprint density at radius 1 is 0.868 bits per heavy atom. The quantitative estimate of drug-likeness (QED) is 0.297. The fourth-order valence-electron chi connectivity index (χ4n) is 3.58. The lowest BCUT2D eigenvalue weighted by Crippen LogP contribution is -2.35. The highest BCUT2D eigenvalue weighted by Crippen LogP contribution is 2.28. The third kappa shape index (κ3) is 11.2. The highest BCUT2D eigenvalue weighted by atomic mass is 16.5. The average Bonchev–Trinajstić information content (AvgIpc) is 2.86. The van der Waals surface area contributed by atoms with Gasteiger partial charge in [0, 0.05) is 19.7 Å². The van der Waals surface area contributed by atoms with E-state index in [2.05, 4.69) is 24.5 Å². The van der Waals surface area contributed by atoms with E-state index in [-0.39, 0.29) is 41.9 Å². The highest BCUT2D eigenvalue weighted by molar-refractivity contribution is 5.90. The Balaban J connectivity index is 1.97. The van der Waals surface area contributed by atoms with Crippen molar-refractivity contribution in [2.24, 2.45) is 5.92 Å². The van der Waals surface area contributed by atoms with Crippen LogP contribution in [0.1, 0.15) is 57.8 Å². The predicted octanol–water partition coefficient (Wildman–Crippen LogP) is 4.29. The molecular formula is C29H40N2O7. The molecule has 0 aromatic heterocycles. The maximum atomic E-state index is 12.2. The molecule has 0 radical (unpaired) electrons. The van der Waals surface area contributed by atoms with Gasteiger partial charge in [0.1, 0.15) is 11.5 Å². The summed E-state index contributed by atoms with van der Waals surface area (Å²) in [6.07, 6.45) is 1.55. The van der Waals surface area contributed by atoms with Crippen LogP contribution >= 0.6 is 0 Å². The standard InChI is InChI=1S/C29H40N2O7/c1-6-38-29(4,5)12-14-31-27(33)19-37-25-16-22(15-23(17-25)28(34)35)21-7-9-24(10-8-21)36-18-26(32)30-13-11-20(2)3/h7-10,15-17,20H,6,11-14,18-19H2,1-5H3,(H,30,32)(H,31,33)(H,34,35). The van der Waals surface area contributed by atoms with Crippen LogP contribution in [0.4, 0.5) is 0 Å². The van der Waals surface area contributed by atoms with Crippen molar-refractivity contribution in [1.29, 1.82) is 0 Å². The molecule has 0 atom stereocenters. The summed E-state index contributed by atoms with van der Waals surface area (Å²) in [6.45, 7) is 11.3. The molecule has 38 heavy (non-hydrogen) atoms. The molecule has 0 aliphatic rings. The van der Waals surface area contributed by atoms with Crippen LogP contribution in [0.15, 0.2) is 42.5 Å². The fraction of sp³-hybridized carbons (Fsp3) is 0.483. The van der Waals surface area contributed by atoms with Gasteiger partial charge in [0.15, 0.2) is 13.2 Å². The molecule has 2 aromatic rings. The predicted molar refractivity (Wildman–Crippen MR) is 146 cm³/mol. The number of hydrogen-bond donors (Lipinski definition) is 3. The van der Waals surface area contributed by atoms with E-state index in [9.17, 15) is 19.5 Å². The summed E-state index contributed by atoms with van der Waals surface area (Å²) in [4.78, 5) is 35.8. The number of carboxylic acid groups (broad SMARTS) is 1. The van der Waals surface area contributed by atoms with E-state index in [1.54, 1.807) is 30.3 Å². The van der Waals surface area contributed by atoms with Gasteiger partial charge < -0.3 is 30.0 Å². The number of hydrogen-bond acceptors (Lipinski definition) is 6. The summed E-state index contributed by atoms with van der Waals surface area (Å²) in [7, 11) is 0. The maximum Gasteiger partial charge on any atom is 0.335 e. The molecule has 2 aromatic carbocycles. The number of nitrogens with one attached hydrogen (secondary N) is 2. The summed E-state index contributed by atoms with van der Waals surface area (Å²) in [5.74, 6) is -0.314. The average molecular weight is 529 g/mol. The van der Waals surface area contributed by atoms with Crippen molar-refractivity contribution in [3.63, 3.8) is 0 Å². The van der Waals surface area contributed by atoms with Gasteiger partial charge in [0.05, 0.1) is 11.2 Å². The minimum atomic E-state index is -1.11. The van der Waals surface area contributed by atoms with E-state index < -0.39 is 5.97 Å². The number of ether oxygens (including phenoxy) is 3. The van der Waals surface area contributed by atoms with Crippen LogP contribution in [0.25, 0.3) is 11.1 Å². The van der Waals surface area contributed by atoms with Crippen molar-refractivity contribution in [3.05, 3.63) is 48.0 Å². The topological polar surface area (TPSA) is 123 Å². The van der Waals surface area contributed by atoms with E-state index in [1.807, 2.05) is 20.8 Å². The number of benzene rings is 2. The van der Waals surface area contributed by atoms with Gasteiger partial charge in [0.2, 0.25) is 0 Å². The second kappa shape index (κ2) is 15.0. The van der Waals surface area contributed by atoms with Crippen molar-refractivity contribution < 1.29 is 33.7 Å². The van der Waals surface area contributed by atoms with Gasteiger partial charge in [-0.2, -0.15) is 0 Å². The van der Waals surface area contributed by atoms with E-state index in [4.69, 9.17) is 14.2 Å². The zero-order chi connectivity index (χ0) is 28.1. The minimum Gasteiger partial charge on any atom is -0.484 e. The zero-order valence-corrected chi connectivity index (χ0v) is 23.0. The Hall–Kier alpha value is -3.59. The molecule has 3 N–H and O–H groups in total. The summed E-state index contributed by atoms with van der Waals surface area (Å²) < 4.78 is 16.8. The third-order valence-electron chi connectivity index (χ3n) is 5.71. The van der Waals surface area contributed by atoms with Gasteiger partial charge in [-0.05, 0) is 81.0 Å². The Kier molecular flexibility index (Phi) is 12.1. The van der Waals surface area contributed by atoms with Crippen molar-refractivity contribution >= 4 is 17.8 Å². The second-order valence-corrected chi connectivity index (χ2v) is 9.98. The zero-order valence-electron chi connectivity index (χ0n) is 23.0. The smallest absolute Gasteiger partial charge is 0.335 e. The van der Waals surface area contributed by atoms with Gasteiger partial charge >= 0.3 is 5.97 Å². The van der Waals surface area contributed by atoms with Crippen LogP contribution in [0.2, 0.25) is 0 Å². The Morgan fingerprint density at radius 3 is 2.05 bits per heavy atom. The molecule has 0 unspecified atom stereocenters. The van der Waals surface area contributed by atoms with E-state index in [1.165, 1.54) is 12.1 Å². The maximum absolute atomic E-state index is 12.2. The fourth-order valence-corrected chi connectivity index (χ4v) is 3.58. The summed E-state index contributed by atoms with van der Waals surface area (Å²) >= 11 is 0. The molecule has 0 heterocycles. The lowest BCUT2D eigenvalue weighted by Gasteiger charge is -2.24. The summed E-state index contributed by atoms with van der Waals surface area (Å²) in [6, 6.07) is 11.5. The highest BCUT2D eigenvalue weighted by Gasteiger charge is 2.17. The van der Waals surface area contributed by atoms with Gasteiger partial charge in [0.25, 0.3) is 11.8 Å². The van der Waals surface area contributed by atoms with Crippen molar-refractivity contribution in [2.45, 2.75) is 53.1 Å². The van der Waals surface area contributed by atoms with Gasteiger partial charge in [-0.25, -0.2) is 4.79 Å². The Morgan fingerprint density at radius 2 is 1.47 bits per heavy atom. The molecule has 2 amide bonds. The van der Waals surface area contributed by atoms with Gasteiger partial charge in [-0.1, -0.05) is 26.0 Å². The number of carbonyl (C=O) groups is 3. The monoisotopic (exact) mass is 528 g/mol. The first kappa shape index (κ1) is 30.6. The molecule has 0 aliphatic heterocycles. The minimum absolute atomic E-state index is 0.0368. The Labute approximate surface area is 224 Å². The number of carboxylic acids is 1. The lowest BCUT2D eigenvalue weighted by molar-refractivity contribution is -0.124. The largest absolute Gasteiger partial charge is 0.484 e. The normalized spacial score (nSPS) is 11.2. The summed E-state index contributed by atoms with van der Waals surface area (Å²) in [5, 5.41) is 15.2. The van der Waals surface area contributed by atoms with Crippen molar-refractivity contribution in [3.8, 4) is 22.6 Å². The molecular weight excluding hydrogens is 488 g/mol. The SMILES string of the molecule is CCOC(C)(C)CCNC(=O)COc1cc(C(=O)O)cc(-c2ccc(OCC(=O)NCCC(C)C)cc2)c1. The van der Waals surface area contributed by atoms with E-state index in [0.29, 0.717) is 43.3 Å². The first-order valence-corrected chi connectivity index (χ1v) is 12.9. The molecule has 0 saturated heterocycles. The lowest BCUT2D eigenvalue weighted by atomic mass is 10.0. The first-order chi connectivity index (χ1) is 18.0. The van der Waals surface area contributed by atoms with Gasteiger partial charge in [-0.15, -0.1) is 0 Å². The van der Waals surface area contributed by atoms with Crippen LogP contribution in [0.3, 0.4) is 0 Å². The van der Waals surface area contributed by atoms with E-state index >= 15 is 0 Å². The second-order valence-electron chi connectivity index (χ2n) is 9.98. The molecule has 2 rings (SSSR count). The molecule has 0 aliphatic carbocycles. The van der Waals surface area contributed by atoms with Gasteiger partial charge in [-0.3, -0.25) is 9.59 Å². The number of carbonyl (C=O) groups excluding carboxylic acids is 2. The van der Waals surface area contributed by atoms with E-state index in [0.717, 1.165) is 12.0 Å². The summed E-state index contributed by atoms with van der Waals surface area (Å²) in [5.41, 5.74) is 1.04. The molecule has 9 nitrogen and oxygen atoms in total. The molecule has 0 fully saturated rings. The number of aromatic carboxylic acids is 1. The third-order valence-corrected chi connectivity index (χ3v) is 5.71. The van der Waals surface area contributed by atoms with Crippen LogP contribution < -0.4 is 20.1 Å². The Bertz CT molecular complexity index is 1070. The van der Waals surface area contributed by atoms with Crippen LogP contribution in [0, 0.1) is 5.92 Å². The molecule has 0 saturated carbocycles. The first-order valence-electron chi connectivity index (χ1n) is 12.9. The van der Waals surface area contributed by atoms with Crippen molar-refractivity contribution in [2.75, 3.05) is 32.9 Å². The molecule has 208 valence electrons. The van der Waals surface area contributed by atoms with Crippen molar-refractivity contribution in [1.82, 2.24) is 10.6 Å². The molecule has 0 bridgehead atoms. The van der Waals surface area contributed by atoms with Crippen LogP contribution in [-0.4, -0.2) is 61.4 Å². The van der Waals surface area contributed by atoms with Crippen LogP contribution in [0.5, 0.6) is 11.5 Å². The molecule has 9 heteroatoms. The number of rotatable bonds is 16. The molecule has 0 spiro atoms.